The zero-order valence-corrected chi connectivity index (χ0v) is 9.91. The fourth-order valence-electron chi connectivity index (χ4n) is 2.05. The van der Waals surface area contributed by atoms with E-state index >= 15 is 0 Å². The highest BCUT2D eigenvalue weighted by Gasteiger charge is 2.22. The molecular formula is C15H15N. The maximum atomic E-state index is 9.23. The third-order valence-electron chi connectivity index (χ3n) is 3.09. The van der Waals surface area contributed by atoms with Crippen LogP contribution in [0.2, 0.25) is 0 Å². The molecule has 0 aliphatic carbocycles. The molecule has 0 aliphatic heterocycles. The molecule has 0 radical (unpaired) electrons. The monoisotopic (exact) mass is 209 g/mol. The molecule has 0 atom stereocenters. The highest BCUT2D eigenvalue weighted by atomic mass is 14.3. The molecule has 0 fully saturated rings. The smallest absolute Gasteiger partial charge is 0.0772 e. The highest BCUT2D eigenvalue weighted by molar-refractivity contribution is 5.89. The summed E-state index contributed by atoms with van der Waals surface area (Å²) in [4.78, 5) is 0. The van der Waals surface area contributed by atoms with Crippen molar-refractivity contribution in [2.45, 2.75) is 26.2 Å². The van der Waals surface area contributed by atoms with Gasteiger partial charge < -0.3 is 0 Å². The molecule has 0 aliphatic rings. The molecule has 2 aromatic rings. The molecule has 80 valence electrons. The van der Waals surface area contributed by atoms with Crippen LogP contribution in [0.15, 0.2) is 36.4 Å². The molecule has 0 saturated heterocycles. The van der Waals surface area contributed by atoms with Gasteiger partial charge in [0, 0.05) is 0 Å². The summed E-state index contributed by atoms with van der Waals surface area (Å²) in [6, 6.07) is 14.8. The van der Waals surface area contributed by atoms with Crippen LogP contribution >= 0.6 is 0 Å². The molecule has 0 N–H and O–H groups in total. The first-order chi connectivity index (χ1) is 7.56. The van der Waals surface area contributed by atoms with Gasteiger partial charge >= 0.3 is 0 Å². The molecule has 0 unspecified atom stereocenters. The molecule has 1 heteroatoms. The Bertz CT molecular complexity index is 573. The summed E-state index contributed by atoms with van der Waals surface area (Å²) >= 11 is 0. The molecule has 0 heterocycles. The predicted molar refractivity (Wildman–Crippen MR) is 67.3 cm³/mol. The van der Waals surface area contributed by atoms with Crippen LogP contribution in [0.1, 0.15) is 25.0 Å². The second-order valence-electron chi connectivity index (χ2n) is 4.71. The number of benzene rings is 2. The van der Waals surface area contributed by atoms with Crippen LogP contribution in [0.25, 0.3) is 10.8 Å². The summed E-state index contributed by atoms with van der Waals surface area (Å²) in [5, 5.41) is 11.7. The van der Waals surface area contributed by atoms with E-state index in [1.54, 1.807) is 0 Å². The first kappa shape index (κ1) is 10.7. The largest absolute Gasteiger partial charge is 0.197 e. The third-order valence-corrected chi connectivity index (χ3v) is 3.09. The average molecular weight is 209 g/mol. The van der Waals surface area contributed by atoms with Crippen molar-refractivity contribution < 1.29 is 0 Å². The van der Waals surface area contributed by atoms with E-state index in [1.807, 2.05) is 26.0 Å². The Kier molecular flexibility index (Phi) is 2.44. The van der Waals surface area contributed by atoms with Crippen LogP contribution in [-0.4, -0.2) is 0 Å². The van der Waals surface area contributed by atoms with Gasteiger partial charge in [-0.3, -0.25) is 0 Å². The zero-order chi connectivity index (χ0) is 11.8. The number of aryl methyl sites for hydroxylation is 1. The van der Waals surface area contributed by atoms with Gasteiger partial charge in [-0.05, 0) is 42.7 Å². The number of fused-ring (bicyclic) bond motifs is 1. The lowest BCUT2D eigenvalue weighted by molar-refractivity contribution is 0.693. The maximum Gasteiger partial charge on any atom is 0.0772 e. The van der Waals surface area contributed by atoms with E-state index in [2.05, 4.69) is 37.3 Å². The van der Waals surface area contributed by atoms with E-state index in [-0.39, 0.29) is 0 Å². The summed E-state index contributed by atoms with van der Waals surface area (Å²) in [5.74, 6) is 0. The summed E-state index contributed by atoms with van der Waals surface area (Å²) in [6.07, 6.45) is 0. The van der Waals surface area contributed by atoms with Gasteiger partial charge in [-0.25, -0.2) is 0 Å². The normalized spacial score (nSPS) is 11.4. The molecule has 0 saturated carbocycles. The first-order valence-corrected chi connectivity index (χ1v) is 5.46. The molecule has 0 bridgehead atoms. The molecule has 2 rings (SSSR count). The molecule has 0 amide bonds. The fraction of sp³-hybridized carbons (Fsp3) is 0.267. The van der Waals surface area contributed by atoms with E-state index in [9.17, 15) is 5.26 Å². The second-order valence-corrected chi connectivity index (χ2v) is 4.71. The van der Waals surface area contributed by atoms with Crippen LogP contribution in [-0.2, 0) is 5.41 Å². The lowest BCUT2D eigenvalue weighted by atomic mass is 9.82. The van der Waals surface area contributed by atoms with Crippen molar-refractivity contribution in [2.24, 2.45) is 0 Å². The Morgan fingerprint density at radius 1 is 1.00 bits per heavy atom. The summed E-state index contributed by atoms with van der Waals surface area (Å²) in [5.41, 5.74) is 1.93. The Morgan fingerprint density at radius 3 is 2.25 bits per heavy atom. The Labute approximate surface area is 96.3 Å². The highest BCUT2D eigenvalue weighted by Crippen LogP contribution is 2.31. The number of rotatable bonds is 1. The van der Waals surface area contributed by atoms with Gasteiger partial charge in [-0.1, -0.05) is 36.4 Å². The van der Waals surface area contributed by atoms with Gasteiger partial charge in [-0.2, -0.15) is 5.26 Å². The van der Waals surface area contributed by atoms with Gasteiger partial charge in [0.1, 0.15) is 0 Å². The fourth-order valence-corrected chi connectivity index (χ4v) is 2.05. The SMILES string of the molecule is Cc1ccc(C(C)(C)C#N)c2ccccc12. The average Bonchev–Trinajstić information content (AvgIpc) is 2.29. The number of hydrogen-bond acceptors (Lipinski definition) is 1. The van der Waals surface area contributed by atoms with Crippen LogP contribution < -0.4 is 0 Å². The van der Waals surface area contributed by atoms with Crippen molar-refractivity contribution in [3.63, 3.8) is 0 Å². The van der Waals surface area contributed by atoms with Crippen LogP contribution in [0.4, 0.5) is 0 Å². The minimum absolute atomic E-state index is 0.437. The van der Waals surface area contributed by atoms with Crippen molar-refractivity contribution in [1.82, 2.24) is 0 Å². The predicted octanol–water partition coefficient (Wildman–Crippen LogP) is 3.95. The molecule has 2 aromatic carbocycles. The Morgan fingerprint density at radius 2 is 1.62 bits per heavy atom. The quantitative estimate of drug-likeness (QED) is 0.697. The molecule has 0 aromatic heterocycles. The summed E-state index contributed by atoms with van der Waals surface area (Å²) in [6.45, 7) is 6.03. The minimum atomic E-state index is -0.437. The van der Waals surface area contributed by atoms with Gasteiger partial charge in [0.25, 0.3) is 0 Å². The van der Waals surface area contributed by atoms with E-state index < -0.39 is 5.41 Å². The minimum Gasteiger partial charge on any atom is -0.197 e. The standard InChI is InChI=1S/C15H15N/c1-11-8-9-14(15(2,3)10-16)13-7-5-4-6-12(11)13/h4-9H,1-3H3. The number of nitriles is 1. The van der Waals surface area contributed by atoms with Gasteiger partial charge in [0.2, 0.25) is 0 Å². The van der Waals surface area contributed by atoms with Gasteiger partial charge in [0.05, 0.1) is 11.5 Å². The lowest BCUT2D eigenvalue weighted by Gasteiger charge is -2.19. The van der Waals surface area contributed by atoms with E-state index in [4.69, 9.17) is 0 Å². The van der Waals surface area contributed by atoms with Crippen LogP contribution in [0, 0.1) is 18.3 Å². The molecule has 1 nitrogen and oxygen atoms in total. The van der Waals surface area contributed by atoms with Crippen molar-refractivity contribution in [2.75, 3.05) is 0 Å². The topological polar surface area (TPSA) is 23.8 Å². The van der Waals surface area contributed by atoms with Crippen LogP contribution in [0.5, 0.6) is 0 Å². The van der Waals surface area contributed by atoms with Crippen molar-refractivity contribution in [3.05, 3.63) is 47.5 Å². The van der Waals surface area contributed by atoms with Crippen molar-refractivity contribution >= 4 is 10.8 Å². The molecule has 16 heavy (non-hydrogen) atoms. The number of hydrogen-bond donors (Lipinski definition) is 0. The van der Waals surface area contributed by atoms with E-state index in [0.29, 0.717) is 0 Å². The first-order valence-electron chi connectivity index (χ1n) is 5.46. The van der Waals surface area contributed by atoms with Gasteiger partial charge in [0.15, 0.2) is 0 Å². The maximum absolute atomic E-state index is 9.23. The molecular weight excluding hydrogens is 194 g/mol. The van der Waals surface area contributed by atoms with E-state index in [0.717, 1.165) is 5.56 Å². The Balaban J connectivity index is 2.84. The lowest BCUT2D eigenvalue weighted by Crippen LogP contribution is -2.14. The van der Waals surface area contributed by atoms with Crippen molar-refractivity contribution in [3.8, 4) is 6.07 Å². The summed E-state index contributed by atoms with van der Waals surface area (Å²) < 4.78 is 0. The second kappa shape index (κ2) is 3.64. The number of nitrogens with zero attached hydrogens (tertiary/aromatic N) is 1. The summed E-state index contributed by atoms with van der Waals surface area (Å²) in [7, 11) is 0. The van der Waals surface area contributed by atoms with Gasteiger partial charge in [-0.15, -0.1) is 0 Å². The van der Waals surface area contributed by atoms with Crippen molar-refractivity contribution in [1.29, 1.82) is 5.26 Å². The molecule has 0 spiro atoms. The Hall–Kier alpha value is -1.81. The zero-order valence-electron chi connectivity index (χ0n) is 9.91. The van der Waals surface area contributed by atoms with E-state index in [1.165, 1.54) is 16.3 Å². The third kappa shape index (κ3) is 1.57. The van der Waals surface area contributed by atoms with Crippen LogP contribution in [0.3, 0.4) is 0 Å².